The van der Waals surface area contributed by atoms with Crippen LogP contribution in [-0.2, 0) is 27.6 Å². The fourth-order valence-corrected chi connectivity index (χ4v) is 4.71. The smallest absolute Gasteiger partial charge is 0.345 e. The fourth-order valence-electron chi connectivity index (χ4n) is 3.14. The molecule has 30 heavy (non-hydrogen) atoms. The van der Waals surface area contributed by atoms with Crippen molar-refractivity contribution in [3.05, 3.63) is 67.4 Å². The van der Waals surface area contributed by atoms with E-state index in [1.807, 2.05) is 6.07 Å². The van der Waals surface area contributed by atoms with Crippen LogP contribution in [0.15, 0.2) is 40.1 Å². The molecule has 4 atom stereocenters. The fraction of sp³-hybridized carbons (Fsp3) is 0.444. The van der Waals surface area contributed by atoms with E-state index in [9.17, 15) is 14.2 Å². The molecule has 1 aromatic carbocycles. The minimum Gasteiger partial charge on any atom is -0.345 e. The third-order valence-corrected chi connectivity index (χ3v) is 6.38. The van der Waals surface area contributed by atoms with Crippen LogP contribution < -0.4 is 11.2 Å². The first-order chi connectivity index (χ1) is 14.3. The van der Waals surface area contributed by atoms with Gasteiger partial charge in [-0.25, -0.2) is 9.36 Å². The first-order valence-corrected chi connectivity index (χ1v) is 11.1. The van der Waals surface area contributed by atoms with E-state index in [1.54, 1.807) is 25.1 Å². The van der Waals surface area contributed by atoms with Crippen LogP contribution in [0.3, 0.4) is 0 Å². The first-order valence-electron chi connectivity index (χ1n) is 9.25. The van der Waals surface area contributed by atoms with Crippen molar-refractivity contribution >= 4 is 19.4 Å². The molecule has 2 aliphatic rings. The summed E-state index contributed by atoms with van der Waals surface area (Å²) in [5.41, 5.74) is 0.0557. The number of phosphoric ester groups is 1. The number of aromatic amines is 1. The highest BCUT2D eigenvalue weighted by molar-refractivity contribution is 7.48. The Labute approximate surface area is 176 Å². The molecule has 2 saturated heterocycles. The predicted octanol–water partition coefficient (Wildman–Crippen LogP) is 2.67. The number of hydrogen-bond donors (Lipinski definition) is 1. The molecule has 12 heteroatoms. The van der Waals surface area contributed by atoms with E-state index in [4.69, 9.17) is 34.6 Å². The van der Waals surface area contributed by atoms with Crippen LogP contribution >= 0.6 is 19.4 Å². The first kappa shape index (κ1) is 21.5. The largest absolute Gasteiger partial charge is 0.475 e. The zero-order valence-electron chi connectivity index (χ0n) is 16.0. The molecule has 0 spiro atoms. The number of hydrogen-bond acceptors (Lipinski definition) is 8. The summed E-state index contributed by atoms with van der Waals surface area (Å²) >= 11 is 6.01. The number of aromatic nitrogens is 2. The number of phosphoric acid groups is 1. The molecule has 2 fully saturated rings. The van der Waals surface area contributed by atoms with Crippen LogP contribution in [0.1, 0.15) is 29.9 Å². The number of benzene rings is 1. The highest BCUT2D eigenvalue weighted by Crippen LogP contribution is 2.57. The Morgan fingerprint density at radius 2 is 2.20 bits per heavy atom. The van der Waals surface area contributed by atoms with Gasteiger partial charge in [0, 0.05) is 23.2 Å². The van der Waals surface area contributed by atoms with Gasteiger partial charge in [-0.1, -0.05) is 23.7 Å². The van der Waals surface area contributed by atoms with Crippen molar-refractivity contribution in [3.8, 4) is 0 Å². The van der Waals surface area contributed by atoms with Crippen LogP contribution in [-0.4, -0.2) is 35.7 Å². The quantitative estimate of drug-likeness (QED) is 0.679. The summed E-state index contributed by atoms with van der Waals surface area (Å²) in [4.78, 5) is 25.7. The molecule has 0 amide bonds. The normalized spacial score (nSPS) is 29.2. The van der Waals surface area contributed by atoms with Crippen molar-refractivity contribution in [3.63, 3.8) is 0 Å². The van der Waals surface area contributed by atoms with Gasteiger partial charge in [-0.2, -0.15) is 0 Å². The maximum atomic E-state index is 12.8. The minimum absolute atomic E-state index is 0.0522. The number of ether oxygens (including phenoxy) is 2. The Morgan fingerprint density at radius 1 is 1.37 bits per heavy atom. The summed E-state index contributed by atoms with van der Waals surface area (Å²) in [6.45, 7) is 1.59. The maximum absolute atomic E-state index is 12.8. The summed E-state index contributed by atoms with van der Waals surface area (Å²) in [6, 6.07) is 7.08. The number of halogens is 1. The van der Waals surface area contributed by atoms with E-state index in [0.717, 1.165) is 5.56 Å². The van der Waals surface area contributed by atoms with Gasteiger partial charge in [0.2, 0.25) is 0 Å². The Kier molecular flexibility index (Phi) is 6.26. The number of aryl methyl sites for hydroxylation is 1. The predicted molar refractivity (Wildman–Crippen MR) is 105 cm³/mol. The minimum atomic E-state index is -3.84. The Bertz CT molecular complexity index is 1090. The van der Waals surface area contributed by atoms with Gasteiger partial charge in [-0.3, -0.25) is 27.9 Å². The Balaban J connectivity index is 1.37. The number of H-pyrrole nitrogens is 1. The topological polar surface area (TPSA) is 118 Å². The Hall–Kier alpha value is -1.78. The molecule has 0 unspecified atom stereocenters. The third-order valence-electron chi connectivity index (χ3n) is 4.66. The summed E-state index contributed by atoms with van der Waals surface area (Å²) in [6.07, 6.45) is -0.234. The van der Waals surface area contributed by atoms with Crippen molar-refractivity contribution in [2.75, 3.05) is 19.8 Å². The lowest BCUT2D eigenvalue weighted by Crippen LogP contribution is -2.34. The average molecular weight is 459 g/mol. The molecule has 1 N–H and O–H groups in total. The highest BCUT2D eigenvalue weighted by Gasteiger charge is 2.38. The van der Waals surface area contributed by atoms with E-state index < -0.39 is 37.7 Å². The molecule has 3 heterocycles. The van der Waals surface area contributed by atoms with E-state index >= 15 is 0 Å². The van der Waals surface area contributed by atoms with Crippen LogP contribution in [0.2, 0.25) is 5.02 Å². The van der Waals surface area contributed by atoms with E-state index in [-0.39, 0.29) is 19.8 Å². The second-order valence-electron chi connectivity index (χ2n) is 6.85. The summed E-state index contributed by atoms with van der Waals surface area (Å²) in [5, 5.41) is 0.546. The third kappa shape index (κ3) is 4.76. The van der Waals surface area contributed by atoms with Crippen LogP contribution in [0.4, 0.5) is 0 Å². The van der Waals surface area contributed by atoms with Gasteiger partial charge in [0.25, 0.3) is 5.56 Å². The lowest BCUT2D eigenvalue weighted by Gasteiger charge is -2.29. The molecule has 0 aliphatic carbocycles. The monoisotopic (exact) mass is 458 g/mol. The molecule has 162 valence electrons. The number of nitrogens with one attached hydrogen (secondary N) is 1. The molecular weight excluding hydrogens is 439 g/mol. The Morgan fingerprint density at radius 3 is 3.00 bits per heavy atom. The molecule has 0 saturated carbocycles. The van der Waals surface area contributed by atoms with E-state index in [0.29, 0.717) is 17.0 Å². The lowest BCUT2D eigenvalue weighted by atomic mass is 10.1. The summed E-state index contributed by atoms with van der Waals surface area (Å²) in [7, 11) is -3.84. The van der Waals surface area contributed by atoms with Gasteiger partial charge in [0.1, 0.15) is 6.61 Å². The second-order valence-corrected chi connectivity index (χ2v) is 8.90. The zero-order chi connectivity index (χ0) is 21.3. The molecule has 4 rings (SSSR count). The zero-order valence-corrected chi connectivity index (χ0v) is 17.6. The van der Waals surface area contributed by atoms with Gasteiger partial charge in [-0.15, -0.1) is 0 Å². The molecule has 10 nitrogen and oxygen atoms in total. The van der Waals surface area contributed by atoms with Crippen LogP contribution in [0.25, 0.3) is 0 Å². The molecule has 1 aromatic heterocycles. The highest BCUT2D eigenvalue weighted by atomic mass is 35.5. The van der Waals surface area contributed by atoms with Gasteiger partial charge in [-0.05, 0) is 24.6 Å². The molecular formula is C18H20ClN2O8P. The average Bonchev–Trinajstić information content (AvgIpc) is 3.18. The van der Waals surface area contributed by atoms with Crippen LogP contribution in [0.5, 0.6) is 0 Å². The molecule has 2 aromatic rings. The maximum Gasteiger partial charge on any atom is 0.475 e. The SMILES string of the molecule is Cc1cn([C@H]2CO[C@@H](CO[P@@]3(=O)OCC[C@@H](c4cccc(Cl)c4)O3)O2)c(=O)[nH]c1=O. The van der Waals surface area contributed by atoms with Gasteiger partial charge >= 0.3 is 13.5 Å². The number of nitrogens with zero attached hydrogens (tertiary/aromatic N) is 1. The van der Waals surface area contributed by atoms with Crippen molar-refractivity contribution in [2.24, 2.45) is 0 Å². The van der Waals surface area contributed by atoms with Crippen molar-refractivity contribution < 1.29 is 27.6 Å². The lowest BCUT2D eigenvalue weighted by molar-refractivity contribution is -0.103. The van der Waals surface area contributed by atoms with Gasteiger partial charge < -0.3 is 9.47 Å². The van der Waals surface area contributed by atoms with Crippen molar-refractivity contribution in [2.45, 2.75) is 32.0 Å². The van der Waals surface area contributed by atoms with Gasteiger partial charge in [0.05, 0.1) is 19.3 Å². The van der Waals surface area contributed by atoms with Crippen molar-refractivity contribution in [1.82, 2.24) is 9.55 Å². The number of rotatable bonds is 5. The van der Waals surface area contributed by atoms with E-state index in [2.05, 4.69) is 4.98 Å². The van der Waals surface area contributed by atoms with E-state index in [1.165, 1.54) is 10.8 Å². The van der Waals surface area contributed by atoms with Gasteiger partial charge in [0.15, 0.2) is 12.5 Å². The summed E-state index contributed by atoms with van der Waals surface area (Å²) in [5.74, 6) is 0. The standard InChI is InChI=1S/C18H20ClN2O8P/c1-11-8-21(18(23)20-17(11)22)15-9-25-16(28-15)10-27-30(24)26-6-5-14(29-30)12-3-2-4-13(19)7-12/h2-4,7-8,14-16H,5-6,9-10H2,1H3,(H,20,22,23)/t14-,15+,16+,30+/m0/s1. The molecule has 2 aliphatic heterocycles. The van der Waals surface area contributed by atoms with Crippen LogP contribution in [0, 0.1) is 6.92 Å². The molecule has 0 bridgehead atoms. The summed E-state index contributed by atoms with van der Waals surface area (Å²) < 4.78 is 41.4. The van der Waals surface area contributed by atoms with Crippen molar-refractivity contribution in [1.29, 1.82) is 0 Å². The second kappa shape index (κ2) is 8.76. The molecule has 0 radical (unpaired) electrons.